The molecule has 2 amide bonds. The fourth-order valence-corrected chi connectivity index (χ4v) is 2.84. The third-order valence-electron chi connectivity index (χ3n) is 4.70. The maximum atomic E-state index is 12.4. The third kappa shape index (κ3) is 3.32. The molecule has 2 aliphatic heterocycles. The summed E-state index contributed by atoms with van der Waals surface area (Å²) in [6.45, 7) is 7.54. The highest BCUT2D eigenvalue weighted by Gasteiger charge is 2.36. The topological polar surface area (TPSA) is 67.9 Å². The first-order valence-electron chi connectivity index (χ1n) is 8.46. The normalized spacial score (nSPS) is 21.1. The van der Waals surface area contributed by atoms with E-state index in [0.717, 1.165) is 5.69 Å². The van der Waals surface area contributed by atoms with Gasteiger partial charge in [-0.1, -0.05) is 13.8 Å². The first kappa shape index (κ1) is 16.6. The average Bonchev–Trinajstić information content (AvgIpc) is 2.96. The van der Waals surface area contributed by atoms with Crippen molar-refractivity contribution in [1.29, 1.82) is 0 Å². The van der Waals surface area contributed by atoms with Crippen molar-refractivity contribution < 1.29 is 19.1 Å². The lowest BCUT2D eigenvalue weighted by Gasteiger charge is -2.22. The van der Waals surface area contributed by atoms with E-state index in [1.807, 2.05) is 25.1 Å². The molecule has 130 valence electrons. The molecule has 3 rings (SSSR count). The molecule has 6 heteroatoms. The molecule has 0 saturated carbocycles. The fourth-order valence-electron chi connectivity index (χ4n) is 2.84. The molecular weight excluding hydrogens is 308 g/mol. The molecule has 0 bridgehead atoms. The number of anilines is 1. The van der Waals surface area contributed by atoms with E-state index in [1.165, 1.54) is 0 Å². The number of nitrogens with zero attached hydrogens (tertiary/aromatic N) is 1. The van der Waals surface area contributed by atoms with Gasteiger partial charge in [0.1, 0.15) is 13.2 Å². The number of carbonyl (C=O) groups excluding carboxylic acids is 2. The molecule has 2 heterocycles. The monoisotopic (exact) mass is 332 g/mol. The summed E-state index contributed by atoms with van der Waals surface area (Å²) in [7, 11) is 0. The Labute approximate surface area is 142 Å². The number of amides is 2. The Balaban J connectivity index is 1.70. The SMILES string of the molecule is CC(C)[C@@H](C)NC(=O)[C@@H]1CC(=O)N(c2ccc3c(c2)OCCO3)C1. The molecule has 1 fully saturated rings. The number of nitrogens with one attached hydrogen (secondary N) is 1. The van der Waals surface area contributed by atoms with Crippen LogP contribution in [0.1, 0.15) is 27.2 Å². The van der Waals surface area contributed by atoms with E-state index in [4.69, 9.17) is 9.47 Å². The van der Waals surface area contributed by atoms with Crippen LogP contribution in [0.4, 0.5) is 5.69 Å². The van der Waals surface area contributed by atoms with Crippen LogP contribution < -0.4 is 19.7 Å². The van der Waals surface area contributed by atoms with Crippen molar-refractivity contribution in [2.24, 2.45) is 11.8 Å². The van der Waals surface area contributed by atoms with Gasteiger partial charge in [-0.05, 0) is 25.0 Å². The van der Waals surface area contributed by atoms with Crippen LogP contribution in [0.3, 0.4) is 0 Å². The van der Waals surface area contributed by atoms with Gasteiger partial charge in [0.15, 0.2) is 11.5 Å². The van der Waals surface area contributed by atoms with E-state index >= 15 is 0 Å². The molecule has 1 saturated heterocycles. The standard InChI is InChI=1S/C18H24N2O4/c1-11(2)12(3)19-18(22)13-8-17(21)20(10-13)14-4-5-15-16(9-14)24-7-6-23-15/h4-5,9,11-13H,6-8,10H2,1-3H3,(H,19,22)/t12-,13-/m1/s1. The van der Waals surface area contributed by atoms with Crippen LogP contribution in [0.5, 0.6) is 11.5 Å². The number of hydrogen-bond acceptors (Lipinski definition) is 4. The largest absolute Gasteiger partial charge is 0.486 e. The van der Waals surface area contributed by atoms with Gasteiger partial charge in [0, 0.05) is 30.8 Å². The molecule has 0 radical (unpaired) electrons. The molecule has 2 aliphatic rings. The van der Waals surface area contributed by atoms with Crippen LogP contribution in [-0.2, 0) is 9.59 Å². The zero-order chi connectivity index (χ0) is 17.3. The number of rotatable bonds is 4. The molecule has 1 aromatic carbocycles. The molecule has 0 unspecified atom stereocenters. The van der Waals surface area contributed by atoms with Crippen LogP contribution >= 0.6 is 0 Å². The summed E-state index contributed by atoms with van der Waals surface area (Å²) in [6, 6.07) is 5.55. The van der Waals surface area contributed by atoms with E-state index in [1.54, 1.807) is 4.90 Å². The molecular formula is C18H24N2O4. The van der Waals surface area contributed by atoms with Gasteiger partial charge >= 0.3 is 0 Å². The summed E-state index contributed by atoms with van der Waals surface area (Å²) >= 11 is 0. The van der Waals surface area contributed by atoms with E-state index in [9.17, 15) is 9.59 Å². The van der Waals surface area contributed by atoms with Gasteiger partial charge in [0.2, 0.25) is 11.8 Å². The van der Waals surface area contributed by atoms with Crippen molar-refractivity contribution in [2.45, 2.75) is 33.2 Å². The predicted molar refractivity (Wildman–Crippen MR) is 90.3 cm³/mol. The van der Waals surface area contributed by atoms with Crippen LogP contribution in [0.25, 0.3) is 0 Å². The maximum absolute atomic E-state index is 12.4. The predicted octanol–water partition coefficient (Wildman–Crippen LogP) is 1.97. The number of benzene rings is 1. The van der Waals surface area contributed by atoms with Gasteiger partial charge < -0.3 is 19.7 Å². The Bertz CT molecular complexity index is 644. The Morgan fingerprint density at radius 2 is 1.92 bits per heavy atom. The van der Waals surface area contributed by atoms with Crippen molar-refractivity contribution in [2.75, 3.05) is 24.7 Å². The van der Waals surface area contributed by atoms with Crippen LogP contribution in [-0.4, -0.2) is 37.6 Å². The van der Waals surface area contributed by atoms with E-state index < -0.39 is 0 Å². The lowest BCUT2D eigenvalue weighted by molar-refractivity contribution is -0.127. The van der Waals surface area contributed by atoms with Gasteiger partial charge in [-0.15, -0.1) is 0 Å². The zero-order valence-corrected chi connectivity index (χ0v) is 14.4. The second-order valence-electron chi connectivity index (χ2n) is 6.77. The summed E-state index contributed by atoms with van der Waals surface area (Å²) < 4.78 is 11.1. The van der Waals surface area contributed by atoms with Crippen molar-refractivity contribution in [3.8, 4) is 11.5 Å². The highest BCUT2D eigenvalue weighted by Crippen LogP contribution is 2.36. The highest BCUT2D eigenvalue weighted by atomic mass is 16.6. The molecule has 0 spiro atoms. The highest BCUT2D eigenvalue weighted by molar-refractivity contribution is 6.00. The first-order valence-corrected chi connectivity index (χ1v) is 8.46. The van der Waals surface area contributed by atoms with Crippen molar-refractivity contribution >= 4 is 17.5 Å². The summed E-state index contributed by atoms with van der Waals surface area (Å²) in [5.41, 5.74) is 0.747. The molecule has 0 aromatic heterocycles. The van der Waals surface area contributed by atoms with Crippen molar-refractivity contribution in [3.63, 3.8) is 0 Å². The summed E-state index contributed by atoms with van der Waals surface area (Å²) in [6.07, 6.45) is 0.241. The number of carbonyl (C=O) groups is 2. The zero-order valence-electron chi connectivity index (χ0n) is 14.4. The lowest BCUT2D eigenvalue weighted by atomic mass is 10.0. The molecule has 6 nitrogen and oxygen atoms in total. The Kier molecular flexibility index (Phi) is 4.64. The Hall–Kier alpha value is -2.24. The Morgan fingerprint density at radius 1 is 1.21 bits per heavy atom. The first-order chi connectivity index (χ1) is 11.5. The summed E-state index contributed by atoms with van der Waals surface area (Å²) in [5, 5.41) is 3.00. The van der Waals surface area contributed by atoms with E-state index in [0.29, 0.717) is 37.2 Å². The third-order valence-corrected chi connectivity index (χ3v) is 4.70. The van der Waals surface area contributed by atoms with E-state index in [-0.39, 0.29) is 30.2 Å². The second-order valence-corrected chi connectivity index (χ2v) is 6.77. The minimum atomic E-state index is -0.313. The van der Waals surface area contributed by atoms with Gasteiger partial charge in [-0.2, -0.15) is 0 Å². The number of fused-ring (bicyclic) bond motifs is 1. The smallest absolute Gasteiger partial charge is 0.227 e. The second kappa shape index (κ2) is 6.71. The molecule has 1 aromatic rings. The molecule has 2 atom stereocenters. The van der Waals surface area contributed by atoms with Gasteiger partial charge in [0.25, 0.3) is 0 Å². The van der Waals surface area contributed by atoms with Crippen LogP contribution in [0.15, 0.2) is 18.2 Å². The van der Waals surface area contributed by atoms with Crippen LogP contribution in [0, 0.1) is 11.8 Å². The minimum absolute atomic E-state index is 0.0379. The fraction of sp³-hybridized carbons (Fsp3) is 0.556. The molecule has 1 N–H and O–H groups in total. The van der Waals surface area contributed by atoms with Crippen molar-refractivity contribution in [1.82, 2.24) is 5.32 Å². The number of ether oxygens (including phenoxy) is 2. The average molecular weight is 332 g/mol. The molecule has 24 heavy (non-hydrogen) atoms. The van der Waals surface area contributed by atoms with Gasteiger partial charge in [-0.3, -0.25) is 9.59 Å². The van der Waals surface area contributed by atoms with Gasteiger partial charge in [-0.25, -0.2) is 0 Å². The van der Waals surface area contributed by atoms with E-state index in [2.05, 4.69) is 19.2 Å². The Morgan fingerprint density at radius 3 is 2.62 bits per heavy atom. The lowest BCUT2D eigenvalue weighted by Crippen LogP contribution is -2.40. The van der Waals surface area contributed by atoms with Crippen molar-refractivity contribution in [3.05, 3.63) is 18.2 Å². The minimum Gasteiger partial charge on any atom is -0.486 e. The number of hydrogen-bond donors (Lipinski definition) is 1. The maximum Gasteiger partial charge on any atom is 0.227 e. The quantitative estimate of drug-likeness (QED) is 0.915. The molecule has 0 aliphatic carbocycles. The summed E-state index contributed by atoms with van der Waals surface area (Å²) in [5.74, 6) is 1.30. The van der Waals surface area contributed by atoms with Gasteiger partial charge in [0.05, 0.1) is 5.92 Å². The van der Waals surface area contributed by atoms with Crippen LogP contribution in [0.2, 0.25) is 0 Å². The summed E-state index contributed by atoms with van der Waals surface area (Å²) in [4.78, 5) is 26.4.